The highest BCUT2D eigenvalue weighted by Crippen LogP contribution is 2.62. The van der Waals surface area contributed by atoms with Crippen LogP contribution in [0, 0.1) is 17.8 Å². The van der Waals surface area contributed by atoms with Crippen molar-refractivity contribution in [3.05, 3.63) is 52.7 Å². The minimum absolute atomic E-state index is 0.167. The lowest BCUT2D eigenvalue weighted by atomic mass is 9.62. The zero-order chi connectivity index (χ0) is 20.1. The molecule has 1 aromatic rings. The van der Waals surface area contributed by atoms with E-state index in [1.807, 2.05) is 0 Å². The maximum atomic E-state index is 6.87. The van der Waals surface area contributed by atoms with Crippen LogP contribution in [0.5, 0.6) is 5.75 Å². The first-order valence-corrected chi connectivity index (χ1v) is 11.8. The van der Waals surface area contributed by atoms with Crippen LogP contribution in [0.4, 0.5) is 0 Å². The average Bonchev–Trinajstić information content (AvgIpc) is 3.27. The van der Waals surface area contributed by atoms with Crippen molar-refractivity contribution in [2.75, 3.05) is 6.54 Å². The molecular weight excluding hydrogens is 354 g/mol. The second kappa shape index (κ2) is 5.71. The first kappa shape index (κ1) is 18.1. The number of fused-ring (bicyclic) bond motifs is 8. The Hall–Kier alpha value is -1.70. The number of benzene rings is 1. The van der Waals surface area contributed by atoms with Gasteiger partial charge in [-0.25, -0.2) is 0 Å². The lowest BCUT2D eigenvalue weighted by molar-refractivity contribution is 0.0116. The molecule has 6 atom stereocenters. The van der Waals surface area contributed by atoms with E-state index in [4.69, 9.17) is 4.74 Å². The predicted molar refractivity (Wildman–Crippen MR) is 118 cm³/mol. The van der Waals surface area contributed by atoms with Crippen LogP contribution in [0.3, 0.4) is 0 Å². The third-order valence-corrected chi connectivity index (χ3v) is 9.17. The molecule has 2 aliphatic carbocycles. The molecule has 3 heterocycles. The second-order valence-corrected chi connectivity index (χ2v) is 11.5. The SMILES string of the molecule is CC1C2=C(CCC=C2)N2C[C@@H]3CC[C@@H]4c5ccc(C(C)(C)C)cc5OC4C3C12C. The summed E-state index contributed by atoms with van der Waals surface area (Å²) in [5, 5.41) is 0. The predicted octanol–water partition coefficient (Wildman–Crippen LogP) is 6.18. The van der Waals surface area contributed by atoms with Crippen LogP contribution in [0.15, 0.2) is 41.6 Å². The van der Waals surface area contributed by atoms with Crippen molar-refractivity contribution in [2.45, 2.75) is 83.3 Å². The van der Waals surface area contributed by atoms with Crippen molar-refractivity contribution in [3.63, 3.8) is 0 Å². The molecule has 1 aromatic carbocycles. The topological polar surface area (TPSA) is 12.5 Å². The van der Waals surface area contributed by atoms with E-state index >= 15 is 0 Å². The lowest BCUT2D eigenvalue weighted by Gasteiger charge is -2.45. The maximum absolute atomic E-state index is 6.87. The van der Waals surface area contributed by atoms with E-state index in [1.165, 1.54) is 49.1 Å². The molecule has 3 aliphatic heterocycles. The number of nitrogens with zero attached hydrogens (tertiary/aromatic N) is 1. The van der Waals surface area contributed by atoms with Crippen molar-refractivity contribution < 1.29 is 4.74 Å². The summed E-state index contributed by atoms with van der Waals surface area (Å²) in [6.07, 6.45) is 10.2. The van der Waals surface area contributed by atoms with Gasteiger partial charge in [0.2, 0.25) is 0 Å². The highest BCUT2D eigenvalue weighted by molar-refractivity contribution is 5.48. The van der Waals surface area contributed by atoms with Gasteiger partial charge in [-0.15, -0.1) is 0 Å². The van der Waals surface area contributed by atoms with E-state index in [9.17, 15) is 0 Å². The third-order valence-electron chi connectivity index (χ3n) is 9.17. The molecule has 29 heavy (non-hydrogen) atoms. The second-order valence-electron chi connectivity index (χ2n) is 11.5. The minimum Gasteiger partial charge on any atom is -0.489 e. The molecule has 0 bridgehead atoms. The molecule has 0 aromatic heterocycles. The molecule has 0 N–H and O–H groups in total. The molecule has 2 fully saturated rings. The number of rotatable bonds is 0. The van der Waals surface area contributed by atoms with Crippen molar-refractivity contribution in [1.82, 2.24) is 4.90 Å². The van der Waals surface area contributed by atoms with Crippen molar-refractivity contribution in [1.29, 1.82) is 0 Å². The Bertz CT molecular complexity index is 934. The summed E-state index contributed by atoms with van der Waals surface area (Å²) in [5.74, 6) is 3.76. The monoisotopic (exact) mass is 389 g/mol. The van der Waals surface area contributed by atoms with Gasteiger partial charge >= 0.3 is 0 Å². The van der Waals surface area contributed by atoms with Gasteiger partial charge in [-0.1, -0.05) is 52.0 Å². The molecule has 0 radical (unpaired) electrons. The fourth-order valence-corrected chi connectivity index (χ4v) is 7.52. The van der Waals surface area contributed by atoms with Crippen molar-refractivity contribution in [2.24, 2.45) is 17.8 Å². The standard InChI is InChI=1S/C27H35NO/c1-16-19-8-6-7-9-22(19)28-15-17-10-12-21-20-13-11-18(26(2,3)4)14-23(20)29-25(21)24(17)27(16,28)5/h6,8,11,13-14,16-17,21,24-25H,7,9-10,12,15H2,1-5H3/t16?,17-,21+,24?,25?,27?/m0/s1. The molecule has 154 valence electrons. The van der Waals surface area contributed by atoms with E-state index in [-0.39, 0.29) is 11.0 Å². The van der Waals surface area contributed by atoms with Crippen LogP contribution >= 0.6 is 0 Å². The normalized spacial score (nSPS) is 39.6. The Morgan fingerprint density at radius 1 is 1.17 bits per heavy atom. The van der Waals surface area contributed by atoms with E-state index < -0.39 is 0 Å². The fourth-order valence-electron chi connectivity index (χ4n) is 7.52. The van der Waals surface area contributed by atoms with Crippen molar-refractivity contribution >= 4 is 0 Å². The first-order chi connectivity index (χ1) is 13.8. The summed E-state index contributed by atoms with van der Waals surface area (Å²) in [7, 11) is 0. The zero-order valence-electron chi connectivity index (χ0n) is 18.7. The van der Waals surface area contributed by atoms with Gasteiger partial charge in [-0.3, -0.25) is 0 Å². The quantitative estimate of drug-likeness (QED) is 0.525. The Balaban J connectivity index is 1.39. The molecule has 2 nitrogen and oxygen atoms in total. The number of allylic oxidation sites excluding steroid dienone is 3. The summed E-state index contributed by atoms with van der Waals surface area (Å²) >= 11 is 0. The molecule has 6 rings (SSSR count). The van der Waals surface area contributed by atoms with Gasteiger partial charge in [-0.05, 0) is 61.1 Å². The smallest absolute Gasteiger partial charge is 0.123 e. The first-order valence-electron chi connectivity index (χ1n) is 11.8. The average molecular weight is 390 g/mol. The Morgan fingerprint density at radius 3 is 2.79 bits per heavy atom. The van der Waals surface area contributed by atoms with E-state index in [0.717, 1.165) is 5.92 Å². The van der Waals surface area contributed by atoms with Crippen LogP contribution in [0.25, 0.3) is 0 Å². The summed E-state index contributed by atoms with van der Waals surface area (Å²) in [6, 6.07) is 7.09. The Kier molecular flexibility index (Phi) is 3.56. The number of ether oxygens (including phenoxy) is 1. The van der Waals surface area contributed by atoms with Gasteiger partial charge in [0.05, 0.1) is 5.54 Å². The minimum atomic E-state index is 0.167. The highest BCUT2D eigenvalue weighted by atomic mass is 16.5. The van der Waals surface area contributed by atoms with E-state index in [2.05, 4.69) is 69.9 Å². The molecule has 4 unspecified atom stereocenters. The summed E-state index contributed by atoms with van der Waals surface area (Å²) in [6.45, 7) is 13.2. The van der Waals surface area contributed by atoms with Crippen LogP contribution in [-0.2, 0) is 5.41 Å². The molecule has 5 aliphatic rings. The molecule has 1 saturated heterocycles. The number of hydrogen-bond donors (Lipinski definition) is 0. The van der Waals surface area contributed by atoms with Gasteiger partial charge in [0, 0.05) is 35.6 Å². The lowest BCUT2D eigenvalue weighted by Crippen LogP contribution is -2.52. The zero-order valence-corrected chi connectivity index (χ0v) is 18.7. The maximum Gasteiger partial charge on any atom is 0.123 e. The largest absolute Gasteiger partial charge is 0.489 e. The third kappa shape index (κ3) is 2.24. The number of hydrogen-bond acceptors (Lipinski definition) is 2. The van der Waals surface area contributed by atoms with Crippen LogP contribution in [0.1, 0.15) is 77.3 Å². The molecule has 1 saturated carbocycles. The van der Waals surface area contributed by atoms with Crippen LogP contribution < -0.4 is 4.74 Å². The van der Waals surface area contributed by atoms with Gasteiger partial charge in [0.25, 0.3) is 0 Å². The van der Waals surface area contributed by atoms with Gasteiger partial charge < -0.3 is 9.64 Å². The molecule has 2 heteroatoms. The molecular formula is C27H35NO. The highest BCUT2D eigenvalue weighted by Gasteiger charge is 2.64. The van der Waals surface area contributed by atoms with Gasteiger partial charge in [0.15, 0.2) is 0 Å². The van der Waals surface area contributed by atoms with E-state index in [0.29, 0.717) is 23.9 Å². The van der Waals surface area contributed by atoms with Crippen molar-refractivity contribution in [3.8, 4) is 5.75 Å². The van der Waals surface area contributed by atoms with Crippen LogP contribution in [0.2, 0.25) is 0 Å². The Morgan fingerprint density at radius 2 is 2.00 bits per heavy atom. The van der Waals surface area contributed by atoms with Gasteiger partial charge in [-0.2, -0.15) is 0 Å². The van der Waals surface area contributed by atoms with Crippen LogP contribution in [-0.4, -0.2) is 23.1 Å². The van der Waals surface area contributed by atoms with E-state index in [1.54, 1.807) is 11.3 Å². The fraction of sp³-hybridized carbons (Fsp3) is 0.630. The summed E-state index contributed by atoms with van der Waals surface area (Å²) in [4.78, 5) is 2.83. The summed E-state index contributed by atoms with van der Waals surface area (Å²) in [5.41, 5.74) is 6.51. The summed E-state index contributed by atoms with van der Waals surface area (Å²) < 4.78 is 6.87. The van der Waals surface area contributed by atoms with Gasteiger partial charge in [0.1, 0.15) is 11.9 Å². The Labute approximate surface area is 176 Å². The molecule has 0 spiro atoms. The molecule has 0 amide bonds.